The average molecular weight is 444 g/mol. The van der Waals surface area contributed by atoms with Crippen molar-refractivity contribution in [2.45, 2.75) is 27.7 Å². The van der Waals surface area contributed by atoms with E-state index in [9.17, 15) is 19.5 Å². The molecule has 0 aliphatic rings. The number of carbonyl (C=O) groups is 1. The van der Waals surface area contributed by atoms with Crippen LogP contribution >= 0.6 is 7.59 Å². The van der Waals surface area contributed by atoms with Gasteiger partial charge in [-0.3, -0.25) is 19.5 Å². The zero-order valence-electron chi connectivity index (χ0n) is 18.4. The molecule has 2 aromatic rings. The molecule has 0 aliphatic heterocycles. The van der Waals surface area contributed by atoms with Crippen LogP contribution < -0.4 is 0 Å². The van der Waals surface area contributed by atoms with Gasteiger partial charge in [-0.1, -0.05) is 58.0 Å². The van der Waals surface area contributed by atoms with Crippen LogP contribution in [0.5, 0.6) is 0 Å². The largest absolute Gasteiger partial charge is 0.329 e. The van der Waals surface area contributed by atoms with Crippen molar-refractivity contribution in [3.05, 3.63) is 75.8 Å². The molecule has 0 saturated heterocycles. The van der Waals surface area contributed by atoms with E-state index in [2.05, 4.69) is 4.76 Å². The number of hydrogen-bond acceptors (Lipinski definition) is 4. The molecule has 166 valence electrons. The highest BCUT2D eigenvalue weighted by atomic mass is 31.2. The molecule has 0 heterocycles. The summed E-state index contributed by atoms with van der Waals surface area (Å²) in [7, 11) is -3.44. The molecule has 0 radical (unpaired) electrons. The quantitative estimate of drug-likeness (QED) is 0.158. The van der Waals surface area contributed by atoms with E-state index in [-0.39, 0.29) is 17.0 Å². The molecule has 0 spiro atoms. The summed E-state index contributed by atoms with van der Waals surface area (Å²) in [6.45, 7) is 9.71. The number of nitro benzene ring substituents is 1. The molecule has 0 bridgehead atoms. The lowest BCUT2D eigenvalue weighted by molar-refractivity contribution is -0.384. The number of benzene rings is 2. The van der Waals surface area contributed by atoms with Gasteiger partial charge in [0.05, 0.1) is 4.92 Å². The number of hydrogen-bond donors (Lipinski definition) is 0. The molecular formula is C22H29N4O4P. The molecule has 0 atom stereocenters. The number of non-ortho nitro benzene ring substituents is 1. The molecule has 0 saturated carbocycles. The Morgan fingerprint density at radius 3 is 1.77 bits per heavy atom. The van der Waals surface area contributed by atoms with E-state index in [4.69, 9.17) is 0 Å². The molecule has 9 heteroatoms. The van der Waals surface area contributed by atoms with Gasteiger partial charge in [0.2, 0.25) is 5.78 Å². The lowest BCUT2D eigenvalue weighted by atomic mass is 10.0. The Morgan fingerprint density at radius 2 is 1.35 bits per heavy atom. The van der Waals surface area contributed by atoms with Gasteiger partial charge in [0.1, 0.15) is 5.71 Å². The highest BCUT2D eigenvalue weighted by Gasteiger charge is 2.35. The van der Waals surface area contributed by atoms with E-state index in [0.29, 0.717) is 31.7 Å². The van der Waals surface area contributed by atoms with Crippen molar-refractivity contribution < 1.29 is 14.3 Å². The van der Waals surface area contributed by atoms with Crippen LogP contribution in [0.25, 0.3) is 0 Å². The minimum absolute atomic E-state index is 0.0802. The second-order valence-corrected chi connectivity index (χ2v) is 9.10. The van der Waals surface area contributed by atoms with Crippen molar-refractivity contribution in [1.29, 1.82) is 0 Å². The van der Waals surface area contributed by atoms with Crippen LogP contribution in [0.3, 0.4) is 0 Å². The number of ketones is 1. The Balaban J connectivity index is 2.69. The van der Waals surface area contributed by atoms with E-state index in [1.54, 1.807) is 33.6 Å². The standard InChI is InChI=1S/C22H29N4O4P/c1-5-24(6-2)31(30,25(7-3)8-4)23-21(18-12-10-9-11-13-18)22(27)19-14-16-20(17-15-19)26(28)29/h9-17H,5-8H2,1-4H3. The zero-order chi connectivity index (χ0) is 23.0. The van der Waals surface area contributed by atoms with Gasteiger partial charge >= 0.3 is 7.59 Å². The summed E-state index contributed by atoms with van der Waals surface area (Å²) in [6, 6.07) is 14.3. The molecule has 2 rings (SSSR count). The third-order valence-electron chi connectivity index (χ3n) is 5.03. The Morgan fingerprint density at radius 1 is 0.871 bits per heavy atom. The van der Waals surface area contributed by atoms with Crippen LogP contribution in [0.2, 0.25) is 0 Å². The molecular weight excluding hydrogens is 415 g/mol. The van der Waals surface area contributed by atoms with Crippen LogP contribution in [-0.2, 0) is 4.57 Å². The minimum Gasteiger partial charge on any atom is -0.287 e. The summed E-state index contributed by atoms with van der Waals surface area (Å²) in [5, 5.41) is 11.0. The number of carbonyl (C=O) groups excluding carboxylic acids is 1. The van der Waals surface area contributed by atoms with Crippen LogP contribution in [0.4, 0.5) is 5.69 Å². The summed E-state index contributed by atoms with van der Waals surface area (Å²) in [6.07, 6.45) is 0. The predicted octanol–water partition coefficient (Wildman–Crippen LogP) is 5.06. The summed E-state index contributed by atoms with van der Waals surface area (Å²) >= 11 is 0. The van der Waals surface area contributed by atoms with Gasteiger partial charge in [-0.15, -0.1) is 0 Å². The molecule has 0 fully saturated rings. The van der Waals surface area contributed by atoms with Crippen molar-refractivity contribution >= 4 is 24.8 Å². The van der Waals surface area contributed by atoms with Gasteiger partial charge in [-0.05, 0) is 12.1 Å². The van der Waals surface area contributed by atoms with Gasteiger partial charge in [-0.2, -0.15) is 4.76 Å². The molecule has 8 nitrogen and oxygen atoms in total. The van der Waals surface area contributed by atoms with Crippen LogP contribution in [0, 0.1) is 10.1 Å². The summed E-state index contributed by atoms with van der Waals surface area (Å²) in [5.74, 6) is -0.430. The maximum Gasteiger partial charge on any atom is 0.329 e. The Hall–Kier alpha value is -2.67. The third-order valence-corrected chi connectivity index (χ3v) is 8.10. The predicted molar refractivity (Wildman–Crippen MR) is 124 cm³/mol. The van der Waals surface area contributed by atoms with Crippen LogP contribution in [0.1, 0.15) is 43.6 Å². The fourth-order valence-corrected chi connectivity index (χ4v) is 5.87. The van der Waals surface area contributed by atoms with Gasteiger partial charge in [-0.25, -0.2) is 9.34 Å². The van der Waals surface area contributed by atoms with Crippen molar-refractivity contribution in [3.63, 3.8) is 0 Å². The summed E-state index contributed by atoms with van der Waals surface area (Å²) < 4.78 is 22.4. The number of Topliss-reactive ketones (excluding diaryl/α,β-unsaturated/α-hetero) is 1. The normalized spacial score (nSPS) is 12.4. The number of rotatable bonds is 11. The lowest BCUT2D eigenvalue weighted by Gasteiger charge is -2.34. The van der Waals surface area contributed by atoms with Crippen molar-refractivity contribution in [2.75, 3.05) is 26.2 Å². The minimum atomic E-state index is -3.44. The van der Waals surface area contributed by atoms with E-state index in [0.717, 1.165) is 0 Å². The highest BCUT2D eigenvalue weighted by Crippen LogP contribution is 2.54. The Bertz CT molecular complexity index is 953. The lowest BCUT2D eigenvalue weighted by Crippen LogP contribution is -2.32. The molecule has 0 N–H and O–H groups in total. The fraction of sp³-hybridized carbons (Fsp3) is 0.364. The second kappa shape index (κ2) is 11.1. The maximum atomic E-state index is 14.2. The van der Waals surface area contributed by atoms with Gasteiger partial charge < -0.3 is 0 Å². The topological polar surface area (TPSA) is 96.1 Å². The van der Waals surface area contributed by atoms with E-state index < -0.39 is 18.3 Å². The first-order valence-electron chi connectivity index (χ1n) is 10.4. The number of nitrogens with zero attached hydrogens (tertiary/aromatic N) is 4. The third kappa shape index (κ3) is 5.53. The maximum absolute atomic E-state index is 14.2. The zero-order valence-corrected chi connectivity index (χ0v) is 19.3. The van der Waals surface area contributed by atoms with Gasteiger partial charge in [0.15, 0.2) is 0 Å². The van der Waals surface area contributed by atoms with Crippen molar-refractivity contribution in [1.82, 2.24) is 9.34 Å². The van der Waals surface area contributed by atoms with E-state index in [1.807, 2.05) is 33.8 Å². The van der Waals surface area contributed by atoms with Gasteiger partial charge in [0.25, 0.3) is 5.69 Å². The first-order valence-corrected chi connectivity index (χ1v) is 11.9. The first-order chi connectivity index (χ1) is 14.8. The molecule has 31 heavy (non-hydrogen) atoms. The van der Waals surface area contributed by atoms with Crippen LogP contribution in [-0.4, -0.2) is 51.9 Å². The van der Waals surface area contributed by atoms with Crippen molar-refractivity contribution in [3.8, 4) is 0 Å². The molecule has 0 unspecified atom stereocenters. The monoisotopic (exact) mass is 444 g/mol. The average Bonchev–Trinajstić information content (AvgIpc) is 2.79. The molecule has 0 aromatic heterocycles. The number of nitro groups is 1. The molecule has 0 aliphatic carbocycles. The smallest absolute Gasteiger partial charge is 0.287 e. The second-order valence-electron chi connectivity index (χ2n) is 6.74. The summed E-state index contributed by atoms with van der Waals surface area (Å²) in [5.41, 5.74) is 0.771. The molecule has 2 aromatic carbocycles. The Labute approximate surface area is 183 Å². The first kappa shape index (κ1) is 24.6. The van der Waals surface area contributed by atoms with E-state index in [1.165, 1.54) is 24.3 Å². The Kier molecular flexibility index (Phi) is 8.80. The van der Waals surface area contributed by atoms with Crippen molar-refractivity contribution in [2.24, 2.45) is 4.76 Å². The summed E-state index contributed by atoms with van der Waals surface area (Å²) in [4.78, 5) is 23.9. The van der Waals surface area contributed by atoms with E-state index >= 15 is 0 Å². The van der Waals surface area contributed by atoms with Crippen LogP contribution in [0.15, 0.2) is 59.4 Å². The fourth-order valence-electron chi connectivity index (χ4n) is 3.32. The highest BCUT2D eigenvalue weighted by molar-refractivity contribution is 7.58. The SMILES string of the molecule is CCN(CC)P(=O)(N=C(C(=O)c1ccc([N+](=O)[O-])cc1)c1ccccc1)N(CC)CC. The van der Waals surface area contributed by atoms with Gasteiger partial charge in [0, 0.05) is 49.4 Å². The molecule has 0 amide bonds.